The van der Waals surface area contributed by atoms with Gasteiger partial charge in [0.2, 0.25) is 6.29 Å². The predicted molar refractivity (Wildman–Crippen MR) is 116 cm³/mol. The molecule has 1 aliphatic rings. The van der Waals surface area contributed by atoms with Crippen LogP contribution in [0.1, 0.15) is 27.2 Å². The van der Waals surface area contributed by atoms with Crippen LogP contribution in [0.2, 0.25) is 0 Å². The lowest BCUT2D eigenvalue weighted by atomic mass is 9.79. The fraction of sp³-hybridized carbons (Fsp3) is 0.609. The lowest BCUT2D eigenvalue weighted by Gasteiger charge is -2.38. The van der Waals surface area contributed by atoms with E-state index in [1.165, 1.54) is 6.07 Å². The van der Waals surface area contributed by atoms with E-state index in [9.17, 15) is 9.90 Å². The molecule has 2 rings (SSSR count). The van der Waals surface area contributed by atoms with Crippen molar-refractivity contribution in [3.8, 4) is 5.75 Å². The van der Waals surface area contributed by atoms with Crippen molar-refractivity contribution in [2.24, 2.45) is 17.8 Å². The van der Waals surface area contributed by atoms with Gasteiger partial charge < -0.3 is 34.5 Å². The van der Waals surface area contributed by atoms with E-state index in [0.717, 1.165) is 0 Å². The highest BCUT2D eigenvalue weighted by atomic mass is 16.7. The molecule has 1 amide bonds. The second-order valence-electron chi connectivity index (χ2n) is 7.67. The van der Waals surface area contributed by atoms with E-state index in [0.29, 0.717) is 45.1 Å². The molecule has 31 heavy (non-hydrogen) atoms. The van der Waals surface area contributed by atoms with Crippen LogP contribution in [0.15, 0.2) is 36.1 Å². The molecule has 1 aromatic carbocycles. The minimum Gasteiger partial charge on any atom is -0.506 e. The minimum atomic E-state index is -0.568. The maximum atomic E-state index is 12.8. The highest BCUT2D eigenvalue weighted by Gasteiger charge is 2.38. The number of allylic oxidation sites excluding steroid dienone is 1. The molecule has 3 atom stereocenters. The van der Waals surface area contributed by atoms with Crippen molar-refractivity contribution in [1.29, 1.82) is 0 Å². The van der Waals surface area contributed by atoms with Crippen LogP contribution in [-0.2, 0) is 23.7 Å². The van der Waals surface area contributed by atoms with Crippen LogP contribution in [0.5, 0.6) is 5.75 Å². The number of aliphatic hydroxyl groups is 1. The largest absolute Gasteiger partial charge is 0.506 e. The number of carbonyl (C=O) groups is 1. The van der Waals surface area contributed by atoms with E-state index in [2.05, 4.69) is 19.2 Å². The number of hydrogen-bond acceptors (Lipinski definition) is 7. The van der Waals surface area contributed by atoms with Crippen molar-refractivity contribution in [1.82, 2.24) is 0 Å². The third kappa shape index (κ3) is 7.81. The Morgan fingerprint density at radius 3 is 2.52 bits per heavy atom. The number of phenolic OH excluding ortho intramolecular Hbond substituents is 1. The molecule has 0 radical (unpaired) electrons. The lowest BCUT2D eigenvalue weighted by Crippen LogP contribution is -2.40. The van der Waals surface area contributed by atoms with Gasteiger partial charge in [-0.1, -0.05) is 26.0 Å². The lowest BCUT2D eigenvalue weighted by molar-refractivity contribution is -0.175. The van der Waals surface area contributed by atoms with E-state index < -0.39 is 12.2 Å². The number of rotatable bonds is 13. The molecule has 1 aromatic rings. The number of amides is 1. The fourth-order valence-corrected chi connectivity index (χ4v) is 3.57. The van der Waals surface area contributed by atoms with Crippen LogP contribution in [0, 0.1) is 17.8 Å². The summed E-state index contributed by atoms with van der Waals surface area (Å²) in [7, 11) is 0. The Labute approximate surface area is 184 Å². The molecule has 0 aliphatic carbocycles. The molecule has 174 valence electrons. The van der Waals surface area contributed by atoms with Gasteiger partial charge in [0.25, 0.3) is 5.91 Å². The van der Waals surface area contributed by atoms with Gasteiger partial charge in [-0.25, -0.2) is 0 Å². The number of phenols is 1. The first kappa shape index (κ1) is 25.1. The number of benzene rings is 1. The van der Waals surface area contributed by atoms with Gasteiger partial charge in [-0.2, -0.15) is 0 Å². The molecule has 3 unspecified atom stereocenters. The van der Waals surface area contributed by atoms with Crippen LogP contribution in [-0.4, -0.2) is 62.1 Å². The van der Waals surface area contributed by atoms with Gasteiger partial charge in [0, 0.05) is 19.1 Å². The highest BCUT2D eigenvalue weighted by molar-refractivity contribution is 6.03. The quantitative estimate of drug-likeness (QED) is 0.322. The molecule has 3 N–H and O–H groups in total. The van der Waals surface area contributed by atoms with Gasteiger partial charge in [0.1, 0.15) is 5.75 Å². The minimum absolute atomic E-state index is 0.00233. The first-order valence-corrected chi connectivity index (χ1v) is 10.8. The van der Waals surface area contributed by atoms with Crippen molar-refractivity contribution in [2.75, 3.05) is 45.0 Å². The molecule has 0 fully saturated rings. The van der Waals surface area contributed by atoms with Gasteiger partial charge in [-0.05, 0) is 43.4 Å². The third-order valence-corrected chi connectivity index (χ3v) is 5.11. The monoisotopic (exact) mass is 437 g/mol. The van der Waals surface area contributed by atoms with Crippen LogP contribution in [0.25, 0.3) is 0 Å². The molecule has 0 spiro atoms. The zero-order valence-corrected chi connectivity index (χ0v) is 18.6. The topological polar surface area (TPSA) is 106 Å². The maximum absolute atomic E-state index is 12.8. The number of aliphatic hydroxyl groups excluding tert-OH is 1. The van der Waals surface area contributed by atoms with Gasteiger partial charge in [0.15, 0.2) is 5.76 Å². The van der Waals surface area contributed by atoms with Crippen molar-refractivity contribution in [2.45, 2.75) is 33.5 Å². The second-order valence-corrected chi connectivity index (χ2v) is 7.67. The summed E-state index contributed by atoms with van der Waals surface area (Å²) in [6.45, 7) is 8.24. The Bertz CT molecular complexity index is 707. The molecule has 0 saturated carbocycles. The van der Waals surface area contributed by atoms with Crippen molar-refractivity contribution >= 4 is 11.6 Å². The molecular formula is C23H35NO7. The highest BCUT2D eigenvalue weighted by Crippen LogP contribution is 2.37. The van der Waals surface area contributed by atoms with Crippen molar-refractivity contribution in [3.05, 3.63) is 36.1 Å². The Balaban J connectivity index is 2.04. The Morgan fingerprint density at radius 2 is 1.87 bits per heavy atom. The number of hydrogen-bond donors (Lipinski definition) is 3. The number of aromatic hydroxyl groups is 1. The maximum Gasteiger partial charge on any atom is 0.290 e. The van der Waals surface area contributed by atoms with E-state index in [4.69, 9.17) is 24.1 Å². The van der Waals surface area contributed by atoms with Crippen LogP contribution in [0.4, 0.5) is 5.69 Å². The molecule has 8 nitrogen and oxygen atoms in total. The number of ether oxygens (including phenoxy) is 4. The van der Waals surface area contributed by atoms with Gasteiger partial charge in [-0.3, -0.25) is 4.79 Å². The smallest absolute Gasteiger partial charge is 0.290 e. The standard InChI is InChI=1S/C23H35NO7/c1-4-30-23-17(9-11-28-13-14-29-12-10-25)18(16(2)3)15-21(31-23)22(27)24-19-7-5-6-8-20(19)26/h5-8,15-18,23,25-26H,4,9-14H2,1-3H3,(H,24,27). The Hall–Kier alpha value is -2.13. The molecule has 0 saturated heterocycles. The van der Waals surface area contributed by atoms with Crippen LogP contribution < -0.4 is 5.32 Å². The van der Waals surface area contributed by atoms with Gasteiger partial charge in [0.05, 0.1) is 32.1 Å². The summed E-state index contributed by atoms with van der Waals surface area (Å²) in [5.74, 6) is 0.108. The average molecular weight is 438 g/mol. The SMILES string of the molecule is CCOC1OC(C(=O)Nc2ccccc2O)=CC(C(C)C)C1CCOCCOCCO. The first-order chi connectivity index (χ1) is 15.0. The van der Waals surface area contributed by atoms with Gasteiger partial charge >= 0.3 is 0 Å². The summed E-state index contributed by atoms with van der Waals surface area (Å²) in [4.78, 5) is 12.8. The summed E-state index contributed by atoms with van der Waals surface area (Å²) in [6.07, 6.45) is 1.99. The average Bonchev–Trinajstić information content (AvgIpc) is 2.75. The molecule has 8 heteroatoms. The van der Waals surface area contributed by atoms with Crippen LogP contribution in [0.3, 0.4) is 0 Å². The summed E-state index contributed by atoms with van der Waals surface area (Å²) in [5.41, 5.74) is 0.324. The van der Waals surface area contributed by atoms with Crippen molar-refractivity contribution in [3.63, 3.8) is 0 Å². The first-order valence-electron chi connectivity index (χ1n) is 10.8. The summed E-state index contributed by atoms with van der Waals surface area (Å²) < 4.78 is 22.6. The zero-order valence-electron chi connectivity index (χ0n) is 18.6. The van der Waals surface area contributed by atoms with Crippen molar-refractivity contribution < 1.29 is 34.0 Å². The van der Waals surface area contributed by atoms with Crippen LogP contribution >= 0.6 is 0 Å². The zero-order chi connectivity index (χ0) is 22.6. The number of anilines is 1. The van der Waals surface area contributed by atoms with E-state index >= 15 is 0 Å². The van der Waals surface area contributed by atoms with E-state index in [1.54, 1.807) is 18.2 Å². The molecule has 0 bridgehead atoms. The summed E-state index contributed by atoms with van der Waals surface area (Å²) in [6, 6.07) is 6.56. The number of carbonyl (C=O) groups excluding carboxylic acids is 1. The molecule has 1 heterocycles. The summed E-state index contributed by atoms with van der Waals surface area (Å²) >= 11 is 0. The number of nitrogens with one attached hydrogen (secondary N) is 1. The normalized spacial score (nSPS) is 20.9. The van der Waals surface area contributed by atoms with E-state index in [1.807, 2.05) is 13.0 Å². The van der Waals surface area contributed by atoms with Gasteiger partial charge in [-0.15, -0.1) is 0 Å². The molecular weight excluding hydrogens is 402 g/mol. The molecule has 1 aliphatic heterocycles. The third-order valence-electron chi connectivity index (χ3n) is 5.11. The molecule has 0 aromatic heterocycles. The fourth-order valence-electron chi connectivity index (χ4n) is 3.57. The predicted octanol–water partition coefficient (Wildman–Crippen LogP) is 2.91. The second kappa shape index (κ2) is 13.3. The number of para-hydroxylation sites is 2. The summed E-state index contributed by atoms with van der Waals surface area (Å²) in [5, 5.41) is 21.3. The Kier molecular flexibility index (Phi) is 10.8. The van der Waals surface area contributed by atoms with E-state index in [-0.39, 0.29) is 35.9 Å². The Morgan fingerprint density at radius 1 is 1.16 bits per heavy atom.